The van der Waals surface area contributed by atoms with Gasteiger partial charge in [-0.1, -0.05) is 38.3 Å². The van der Waals surface area contributed by atoms with Gasteiger partial charge in [0, 0.05) is 29.0 Å². The van der Waals surface area contributed by atoms with Crippen molar-refractivity contribution in [2.24, 2.45) is 11.8 Å². The van der Waals surface area contributed by atoms with Crippen molar-refractivity contribution in [3.05, 3.63) is 65.0 Å². The van der Waals surface area contributed by atoms with Crippen molar-refractivity contribution in [1.29, 1.82) is 0 Å². The van der Waals surface area contributed by atoms with E-state index in [9.17, 15) is 22.0 Å². The van der Waals surface area contributed by atoms with Crippen molar-refractivity contribution in [1.82, 2.24) is 0 Å². The van der Waals surface area contributed by atoms with E-state index in [0.29, 0.717) is 17.9 Å². The van der Waals surface area contributed by atoms with Gasteiger partial charge in [0.15, 0.2) is 6.29 Å². The summed E-state index contributed by atoms with van der Waals surface area (Å²) < 4.78 is 92.9. The van der Waals surface area contributed by atoms with E-state index in [4.69, 9.17) is 9.47 Å². The highest BCUT2D eigenvalue weighted by atomic mass is 19.4. The van der Waals surface area contributed by atoms with Crippen LogP contribution in [0.5, 0.6) is 0 Å². The summed E-state index contributed by atoms with van der Waals surface area (Å²) in [4.78, 5) is 0. The minimum Gasteiger partial charge on any atom is -0.352 e. The molecular weight excluding hydrogens is 506 g/mol. The first-order valence-electron chi connectivity index (χ1n) is 13.4. The van der Waals surface area contributed by atoms with Crippen LogP contribution in [0, 0.1) is 29.3 Å². The van der Waals surface area contributed by atoms with Gasteiger partial charge in [-0.05, 0) is 73.4 Å². The third kappa shape index (κ3) is 7.41. The van der Waals surface area contributed by atoms with Crippen LogP contribution in [0.1, 0.15) is 75.3 Å². The summed E-state index contributed by atoms with van der Waals surface area (Å²) in [6, 6.07) is 6.32. The van der Waals surface area contributed by atoms with Gasteiger partial charge in [0.25, 0.3) is 0 Å². The summed E-state index contributed by atoms with van der Waals surface area (Å²) >= 11 is 0. The molecule has 0 spiro atoms. The van der Waals surface area contributed by atoms with Gasteiger partial charge in [-0.2, -0.15) is 13.2 Å². The van der Waals surface area contributed by atoms with Crippen molar-refractivity contribution < 1.29 is 35.8 Å². The van der Waals surface area contributed by atoms with Gasteiger partial charge in [-0.15, -0.1) is 0 Å². The van der Waals surface area contributed by atoms with E-state index in [1.807, 2.05) is 0 Å². The Morgan fingerprint density at radius 2 is 1.53 bits per heavy atom. The number of rotatable bonds is 8. The SMILES string of the molecule is CCCCCC1COC(C2CCC(c3ccc(-c4cc(F)c(C=CC(F)(F)F)c(F)c4)c(F)c3)CC2)OC1. The molecule has 4 rings (SSSR count). The Morgan fingerprint density at radius 1 is 0.868 bits per heavy atom. The second-order valence-electron chi connectivity index (χ2n) is 10.5. The number of hydrogen-bond donors (Lipinski definition) is 0. The molecule has 2 nitrogen and oxygen atoms in total. The molecule has 0 N–H and O–H groups in total. The number of halogens is 6. The topological polar surface area (TPSA) is 18.5 Å². The summed E-state index contributed by atoms with van der Waals surface area (Å²) in [5.41, 5.74) is -0.0877. The van der Waals surface area contributed by atoms with Gasteiger partial charge in [-0.3, -0.25) is 0 Å². The van der Waals surface area contributed by atoms with Crippen LogP contribution in [0.15, 0.2) is 36.4 Å². The summed E-state index contributed by atoms with van der Waals surface area (Å²) in [6.07, 6.45) is 3.49. The lowest BCUT2D eigenvalue weighted by molar-refractivity contribution is -0.229. The number of alkyl halides is 3. The molecule has 38 heavy (non-hydrogen) atoms. The average Bonchev–Trinajstić information content (AvgIpc) is 2.88. The Bertz CT molecular complexity index is 1070. The van der Waals surface area contributed by atoms with Crippen LogP contribution >= 0.6 is 0 Å². The van der Waals surface area contributed by atoms with Crippen molar-refractivity contribution >= 4 is 6.08 Å². The predicted octanol–water partition coefficient (Wildman–Crippen LogP) is 9.19. The molecule has 1 aliphatic heterocycles. The Hall–Kier alpha value is -2.32. The van der Waals surface area contributed by atoms with E-state index in [1.54, 1.807) is 6.07 Å². The monoisotopic (exact) mass is 540 g/mol. The molecule has 1 saturated carbocycles. The van der Waals surface area contributed by atoms with Gasteiger partial charge < -0.3 is 9.47 Å². The Morgan fingerprint density at radius 3 is 2.11 bits per heavy atom. The standard InChI is InChI=1S/C30H34F6O2/c1-2-3-4-5-19-17-37-29(38-18-19)21-8-6-20(7-9-21)22-10-11-24(26(31)14-22)23-15-27(32)25(28(33)16-23)12-13-30(34,35)36/h10-16,19-21,29H,2-9,17-18H2,1H3. The predicted molar refractivity (Wildman–Crippen MR) is 135 cm³/mol. The molecule has 2 fully saturated rings. The largest absolute Gasteiger partial charge is 0.409 e. The third-order valence-corrected chi connectivity index (χ3v) is 7.66. The number of benzene rings is 2. The maximum absolute atomic E-state index is 15.0. The van der Waals surface area contributed by atoms with Crippen LogP contribution < -0.4 is 0 Å². The molecule has 2 aromatic rings. The fraction of sp³-hybridized carbons (Fsp3) is 0.533. The molecule has 0 aromatic heterocycles. The molecule has 1 aliphatic carbocycles. The second-order valence-corrected chi connectivity index (χ2v) is 10.5. The van der Waals surface area contributed by atoms with E-state index < -0.39 is 29.2 Å². The van der Waals surface area contributed by atoms with Crippen LogP contribution in [0.25, 0.3) is 17.2 Å². The van der Waals surface area contributed by atoms with Crippen LogP contribution in [0.2, 0.25) is 0 Å². The van der Waals surface area contributed by atoms with E-state index in [0.717, 1.165) is 63.0 Å². The lowest BCUT2D eigenvalue weighted by Crippen LogP contribution is -2.38. The van der Waals surface area contributed by atoms with Gasteiger partial charge in [0.05, 0.1) is 13.2 Å². The highest BCUT2D eigenvalue weighted by Crippen LogP contribution is 2.40. The molecule has 2 aliphatic rings. The number of hydrogen-bond acceptors (Lipinski definition) is 2. The molecule has 0 amide bonds. The molecule has 1 saturated heterocycles. The summed E-state index contributed by atoms with van der Waals surface area (Å²) in [5, 5.41) is 0. The zero-order valence-electron chi connectivity index (χ0n) is 21.5. The highest BCUT2D eigenvalue weighted by Gasteiger charge is 2.33. The Labute approximate surface area is 220 Å². The van der Waals surface area contributed by atoms with E-state index >= 15 is 4.39 Å². The fourth-order valence-corrected chi connectivity index (χ4v) is 5.50. The molecule has 2 aromatic carbocycles. The molecule has 0 radical (unpaired) electrons. The molecule has 208 valence electrons. The number of unbranched alkanes of at least 4 members (excludes halogenated alkanes) is 2. The van der Waals surface area contributed by atoms with Crippen LogP contribution in [-0.2, 0) is 9.47 Å². The first kappa shape index (κ1) is 28.7. The van der Waals surface area contributed by atoms with Crippen LogP contribution in [0.3, 0.4) is 0 Å². The lowest BCUT2D eigenvalue weighted by Gasteiger charge is -2.37. The van der Waals surface area contributed by atoms with Gasteiger partial charge >= 0.3 is 6.18 Å². The van der Waals surface area contributed by atoms with Crippen LogP contribution in [0.4, 0.5) is 26.3 Å². The minimum absolute atomic E-state index is 0.0101. The number of ether oxygens (including phenoxy) is 2. The van der Waals surface area contributed by atoms with Crippen molar-refractivity contribution in [2.75, 3.05) is 13.2 Å². The first-order chi connectivity index (χ1) is 18.1. The zero-order valence-corrected chi connectivity index (χ0v) is 21.5. The van der Waals surface area contributed by atoms with E-state index in [-0.39, 0.29) is 29.4 Å². The Kier molecular flexibility index (Phi) is 9.58. The van der Waals surface area contributed by atoms with Gasteiger partial charge in [0.1, 0.15) is 17.5 Å². The van der Waals surface area contributed by atoms with Gasteiger partial charge in [-0.25, -0.2) is 13.2 Å². The van der Waals surface area contributed by atoms with Crippen molar-refractivity contribution in [3.63, 3.8) is 0 Å². The second kappa shape index (κ2) is 12.7. The van der Waals surface area contributed by atoms with E-state index in [1.165, 1.54) is 31.4 Å². The fourth-order valence-electron chi connectivity index (χ4n) is 5.50. The van der Waals surface area contributed by atoms with Crippen molar-refractivity contribution in [3.8, 4) is 11.1 Å². The number of allylic oxidation sites excluding steroid dienone is 1. The maximum atomic E-state index is 15.0. The quantitative estimate of drug-likeness (QED) is 0.246. The first-order valence-corrected chi connectivity index (χ1v) is 13.4. The molecule has 0 bridgehead atoms. The Balaban J connectivity index is 1.35. The van der Waals surface area contributed by atoms with Crippen LogP contribution in [-0.4, -0.2) is 25.7 Å². The summed E-state index contributed by atoms with van der Waals surface area (Å²) in [6.45, 7) is 3.67. The normalized spacial score (nSPS) is 24.7. The van der Waals surface area contributed by atoms with Gasteiger partial charge in [0.2, 0.25) is 0 Å². The molecule has 8 heteroatoms. The van der Waals surface area contributed by atoms with Crippen molar-refractivity contribution in [2.45, 2.75) is 76.7 Å². The average molecular weight is 541 g/mol. The lowest BCUT2D eigenvalue weighted by atomic mass is 9.78. The zero-order chi connectivity index (χ0) is 27.3. The minimum atomic E-state index is -4.70. The third-order valence-electron chi connectivity index (χ3n) is 7.66. The highest BCUT2D eigenvalue weighted by molar-refractivity contribution is 5.67. The van der Waals surface area contributed by atoms with E-state index in [2.05, 4.69) is 6.92 Å². The smallest absolute Gasteiger partial charge is 0.352 e. The maximum Gasteiger partial charge on any atom is 0.409 e. The molecular formula is C30H34F6O2. The molecule has 0 unspecified atom stereocenters. The summed E-state index contributed by atoms with van der Waals surface area (Å²) in [5.74, 6) is -2.09. The molecule has 1 heterocycles. The summed E-state index contributed by atoms with van der Waals surface area (Å²) in [7, 11) is 0. The molecule has 0 atom stereocenters.